The van der Waals surface area contributed by atoms with Crippen LogP contribution >= 0.6 is 0 Å². The fourth-order valence-electron chi connectivity index (χ4n) is 0.378. The lowest BCUT2D eigenvalue weighted by Gasteiger charge is -2.28. The number of hydrogen-bond acceptors (Lipinski definition) is 2. The van der Waals surface area contributed by atoms with Gasteiger partial charge in [-0.2, -0.15) is 13.2 Å². The molecule has 0 aliphatic heterocycles. The van der Waals surface area contributed by atoms with E-state index >= 15 is 0 Å². The molecular formula is C5H7F3NO2-. The summed E-state index contributed by atoms with van der Waals surface area (Å²) in [7, 11) is 0.813. The van der Waals surface area contributed by atoms with Crippen molar-refractivity contribution in [2.24, 2.45) is 0 Å². The first-order valence-electron chi connectivity index (χ1n) is 2.77. The number of rotatable bonds is 1. The second-order valence-electron chi connectivity index (χ2n) is 2.09. The van der Waals surface area contributed by atoms with Crippen molar-refractivity contribution in [3.63, 3.8) is 0 Å². The molecule has 0 aromatic rings. The molecule has 0 aromatic carbocycles. The molecule has 0 aromatic heterocycles. The Bertz CT molecular complexity index is 156. The van der Waals surface area contributed by atoms with Gasteiger partial charge in [0, 0.05) is 7.05 Å². The number of halogens is 3. The number of carbonyl (C=O) groups excluding carboxylic acids is 1. The lowest BCUT2D eigenvalue weighted by atomic mass is 10.3. The second-order valence-corrected chi connectivity index (χ2v) is 2.09. The number of hydrogen-bond donors (Lipinski definition) is 0. The number of nitrogens with zero attached hydrogens (tertiary/aromatic N) is 1. The van der Waals surface area contributed by atoms with E-state index in [2.05, 4.69) is 0 Å². The van der Waals surface area contributed by atoms with Crippen LogP contribution in [0.1, 0.15) is 6.92 Å². The SMILES string of the molecule is CC(N(C)C(=O)[O-])C(F)(F)F. The highest BCUT2D eigenvalue weighted by Gasteiger charge is 2.38. The fraction of sp³-hybridized carbons (Fsp3) is 0.800. The van der Waals surface area contributed by atoms with Gasteiger partial charge in [-0.1, -0.05) is 0 Å². The molecule has 0 spiro atoms. The van der Waals surface area contributed by atoms with Crippen LogP contribution in [0.15, 0.2) is 0 Å². The van der Waals surface area contributed by atoms with Crippen LogP contribution in [-0.2, 0) is 0 Å². The molecule has 0 saturated heterocycles. The van der Waals surface area contributed by atoms with Crippen LogP contribution in [0.2, 0.25) is 0 Å². The Labute approximate surface area is 61.4 Å². The van der Waals surface area contributed by atoms with E-state index in [1.807, 2.05) is 0 Å². The van der Waals surface area contributed by atoms with Crippen LogP contribution in [0.4, 0.5) is 18.0 Å². The zero-order valence-corrected chi connectivity index (χ0v) is 5.97. The normalized spacial score (nSPS) is 14.3. The summed E-state index contributed by atoms with van der Waals surface area (Å²) in [6.45, 7) is 0.746. The van der Waals surface area contributed by atoms with Gasteiger partial charge in [0.15, 0.2) is 0 Å². The average Bonchev–Trinajstić information content (AvgIpc) is 1.82. The molecule has 1 unspecified atom stereocenters. The molecule has 1 amide bonds. The third kappa shape index (κ3) is 2.65. The van der Waals surface area contributed by atoms with Gasteiger partial charge in [-0.25, -0.2) is 0 Å². The van der Waals surface area contributed by atoms with E-state index in [0.29, 0.717) is 0 Å². The van der Waals surface area contributed by atoms with Crippen molar-refractivity contribution in [1.82, 2.24) is 4.90 Å². The molecule has 0 fully saturated rings. The van der Waals surface area contributed by atoms with Crippen LogP contribution in [0.3, 0.4) is 0 Å². The molecule has 0 radical (unpaired) electrons. The van der Waals surface area contributed by atoms with E-state index in [-0.39, 0.29) is 4.90 Å². The van der Waals surface area contributed by atoms with E-state index in [4.69, 9.17) is 0 Å². The van der Waals surface area contributed by atoms with Crippen molar-refractivity contribution in [2.45, 2.75) is 19.1 Å². The van der Waals surface area contributed by atoms with Crippen molar-refractivity contribution >= 4 is 6.09 Å². The lowest BCUT2D eigenvalue weighted by Crippen LogP contribution is -2.49. The zero-order chi connectivity index (χ0) is 9.23. The van der Waals surface area contributed by atoms with Crippen molar-refractivity contribution < 1.29 is 23.1 Å². The minimum atomic E-state index is -4.53. The standard InChI is InChI=1S/C5H8F3NO2/c1-3(5(6,7)8)9(2)4(10)11/h3H,1-2H3,(H,10,11)/p-1. The molecule has 3 nitrogen and oxygen atoms in total. The molecular weight excluding hydrogens is 163 g/mol. The highest BCUT2D eigenvalue weighted by Crippen LogP contribution is 2.22. The van der Waals surface area contributed by atoms with Gasteiger partial charge in [-0.05, 0) is 6.92 Å². The largest absolute Gasteiger partial charge is 0.530 e. The summed E-state index contributed by atoms with van der Waals surface area (Å²) < 4.78 is 35.2. The molecule has 0 N–H and O–H groups in total. The smallest absolute Gasteiger partial charge is 0.408 e. The molecule has 0 rings (SSSR count). The highest BCUT2D eigenvalue weighted by molar-refractivity contribution is 5.62. The van der Waals surface area contributed by atoms with E-state index < -0.39 is 18.3 Å². The van der Waals surface area contributed by atoms with E-state index in [0.717, 1.165) is 14.0 Å². The maximum Gasteiger partial charge on any atom is 0.408 e. The molecule has 11 heavy (non-hydrogen) atoms. The summed E-state index contributed by atoms with van der Waals surface area (Å²) in [4.78, 5) is 10.00. The maximum atomic E-state index is 11.7. The second kappa shape index (κ2) is 2.98. The summed E-state index contributed by atoms with van der Waals surface area (Å²) in [6, 6.07) is -2.02. The number of carbonyl (C=O) groups is 1. The number of alkyl halides is 3. The Morgan fingerprint density at radius 1 is 1.55 bits per heavy atom. The molecule has 6 heteroatoms. The van der Waals surface area contributed by atoms with Crippen molar-refractivity contribution in [1.29, 1.82) is 0 Å². The zero-order valence-electron chi connectivity index (χ0n) is 5.97. The first-order chi connectivity index (χ1) is 4.76. The van der Waals surface area contributed by atoms with Gasteiger partial charge in [0.25, 0.3) is 0 Å². The molecule has 0 aliphatic carbocycles. The fourth-order valence-corrected chi connectivity index (χ4v) is 0.378. The number of carboxylic acid groups (broad SMARTS) is 1. The van der Waals surface area contributed by atoms with Gasteiger partial charge in [-0.15, -0.1) is 0 Å². The van der Waals surface area contributed by atoms with Gasteiger partial charge >= 0.3 is 6.18 Å². The Morgan fingerprint density at radius 2 is 1.91 bits per heavy atom. The Hall–Kier alpha value is -0.940. The topological polar surface area (TPSA) is 43.4 Å². The monoisotopic (exact) mass is 170 g/mol. The molecule has 0 saturated carbocycles. The minimum Gasteiger partial charge on any atom is -0.530 e. The van der Waals surface area contributed by atoms with Crippen LogP contribution in [0, 0.1) is 0 Å². The third-order valence-electron chi connectivity index (χ3n) is 1.34. The first kappa shape index (κ1) is 10.1. The number of amides is 1. The van der Waals surface area contributed by atoms with Gasteiger partial charge in [0.2, 0.25) is 0 Å². The van der Waals surface area contributed by atoms with Crippen molar-refractivity contribution in [2.75, 3.05) is 7.05 Å². The lowest BCUT2D eigenvalue weighted by molar-refractivity contribution is -0.276. The van der Waals surface area contributed by atoms with E-state index in [1.54, 1.807) is 0 Å². The predicted octanol–water partition coefficient (Wildman–Crippen LogP) is 0.212. The van der Waals surface area contributed by atoms with E-state index in [9.17, 15) is 23.1 Å². The Morgan fingerprint density at radius 3 is 2.00 bits per heavy atom. The van der Waals surface area contributed by atoms with Gasteiger partial charge in [0.1, 0.15) is 12.1 Å². The highest BCUT2D eigenvalue weighted by atomic mass is 19.4. The quantitative estimate of drug-likeness (QED) is 0.564. The average molecular weight is 170 g/mol. The van der Waals surface area contributed by atoms with Crippen LogP contribution in [0.5, 0.6) is 0 Å². The van der Waals surface area contributed by atoms with Crippen molar-refractivity contribution in [3.05, 3.63) is 0 Å². The van der Waals surface area contributed by atoms with Crippen LogP contribution < -0.4 is 5.11 Å². The Kier molecular flexibility index (Phi) is 2.72. The first-order valence-corrected chi connectivity index (χ1v) is 2.77. The van der Waals surface area contributed by atoms with Crippen LogP contribution in [-0.4, -0.2) is 30.3 Å². The summed E-state index contributed by atoms with van der Waals surface area (Å²) >= 11 is 0. The van der Waals surface area contributed by atoms with Gasteiger partial charge in [-0.3, -0.25) is 0 Å². The van der Waals surface area contributed by atoms with Gasteiger partial charge < -0.3 is 14.8 Å². The van der Waals surface area contributed by atoms with Crippen LogP contribution in [0.25, 0.3) is 0 Å². The summed E-state index contributed by atoms with van der Waals surface area (Å²) in [6.07, 6.45) is -6.37. The molecule has 0 bridgehead atoms. The predicted molar refractivity (Wildman–Crippen MR) is 28.7 cm³/mol. The summed E-state index contributed by atoms with van der Waals surface area (Å²) in [5.41, 5.74) is 0. The van der Waals surface area contributed by atoms with E-state index in [1.165, 1.54) is 0 Å². The van der Waals surface area contributed by atoms with Gasteiger partial charge in [0.05, 0.1) is 0 Å². The maximum absolute atomic E-state index is 11.7. The third-order valence-corrected chi connectivity index (χ3v) is 1.34. The summed E-state index contributed by atoms with van der Waals surface area (Å²) in [5.74, 6) is 0. The minimum absolute atomic E-state index is 0.0972. The Balaban J connectivity index is 4.25. The summed E-state index contributed by atoms with van der Waals surface area (Å²) in [5, 5.41) is 9.90. The molecule has 0 heterocycles. The van der Waals surface area contributed by atoms with Crippen molar-refractivity contribution in [3.8, 4) is 0 Å². The molecule has 0 aliphatic rings. The molecule has 66 valence electrons. The molecule has 1 atom stereocenters.